The number of hydrogen-bond donors (Lipinski definition) is 1. The van der Waals surface area contributed by atoms with E-state index in [0.717, 1.165) is 26.2 Å². The van der Waals surface area contributed by atoms with Crippen molar-refractivity contribution >= 4 is 0 Å². The number of piperidine rings is 1. The smallest absolute Gasteiger partial charge is 0.0623 e. The first-order valence-electron chi connectivity index (χ1n) is 5.45. The molecule has 3 heteroatoms. The summed E-state index contributed by atoms with van der Waals surface area (Å²) in [5, 5.41) is 0. The lowest BCUT2D eigenvalue weighted by molar-refractivity contribution is -0.0651. The summed E-state index contributed by atoms with van der Waals surface area (Å²) in [7, 11) is 0. The molecule has 0 aromatic carbocycles. The van der Waals surface area contributed by atoms with Crippen molar-refractivity contribution < 1.29 is 4.74 Å². The SMILES string of the molecule is NCCC1COCC2CCCCN12. The van der Waals surface area contributed by atoms with Gasteiger partial charge in [0.25, 0.3) is 0 Å². The monoisotopic (exact) mass is 184 g/mol. The summed E-state index contributed by atoms with van der Waals surface area (Å²) in [6, 6.07) is 1.29. The number of nitrogens with two attached hydrogens (primary N) is 1. The molecule has 3 nitrogen and oxygen atoms in total. The normalized spacial score (nSPS) is 35.8. The molecule has 2 aliphatic heterocycles. The second-order valence-corrected chi connectivity index (χ2v) is 4.16. The lowest BCUT2D eigenvalue weighted by Crippen LogP contribution is -2.54. The molecule has 0 bridgehead atoms. The van der Waals surface area contributed by atoms with Crippen LogP contribution >= 0.6 is 0 Å². The van der Waals surface area contributed by atoms with Crippen LogP contribution in [0.1, 0.15) is 25.7 Å². The van der Waals surface area contributed by atoms with Gasteiger partial charge in [-0.2, -0.15) is 0 Å². The summed E-state index contributed by atoms with van der Waals surface area (Å²) >= 11 is 0. The summed E-state index contributed by atoms with van der Waals surface area (Å²) in [5.41, 5.74) is 5.60. The second kappa shape index (κ2) is 4.40. The van der Waals surface area contributed by atoms with Crippen molar-refractivity contribution in [3.05, 3.63) is 0 Å². The van der Waals surface area contributed by atoms with Gasteiger partial charge in [0.1, 0.15) is 0 Å². The van der Waals surface area contributed by atoms with Crippen LogP contribution in [0.5, 0.6) is 0 Å². The van der Waals surface area contributed by atoms with Crippen molar-refractivity contribution in [3.8, 4) is 0 Å². The van der Waals surface area contributed by atoms with Gasteiger partial charge in [0.05, 0.1) is 13.2 Å². The third kappa shape index (κ3) is 2.03. The Hall–Kier alpha value is -0.120. The number of rotatable bonds is 2. The van der Waals surface area contributed by atoms with Crippen LogP contribution in [-0.2, 0) is 4.74 Å². The summed E-state index contributed by atoms with van der Waals surface area (Å²) < 4.78 is 5.61. The molecule has 2 fully saturated rings. The Labute approximate surface area is 80.2 Å². The average Bonchev–Trinajstić information content (AvgIpc) is 2.19. The van der Waals surface area contributed by atoms with Crippen LogP contribution in [0.3, 0.4) is 0 Å². The van der Waals surface area contributed by atoms with Gasteiger partial charge in [-0.1, -0.05) is 6.42 Å². The molecule has 0 spiro atoms. The zero-order valence-electron chi connectivity index (χ0n) is 8.24. The molecule has 0 aromatic heterocycles. The maximum absolute atomic E-state index is 5.61. The molecule has 0 radical (unpaired) electrons. The highest BCUT2D eigenvalue weighted by Gasteiger charge is 2.32. The summed E-state index contributed by atoms with van der Waals surface area (Å²) in [6.45, 7) is 3.89. The van der Waals surface area contributed by atoms with E-state index >= 15 is 0 Å². The molecule has 2 unspecified atom stereocenters. The van der Waals surface area contributed by atoms with Gasteiger partial charge >= 0.3 is 0 Å². The molecule has 2 heterocycles. The van der Waals surface area contributed by atoms with Gasteiger partial charge in [-0.15, -0.1) is 0 Å². The van der Waals surface area contributed by atoms with Crippen LogP contribution in [0.25, 0.3) is 0 Å². The highest BCUT2D eigenvalue weighted by atomic mass is 16.5. The fraction of sp³-hybridized carbons (Fsp3) is 1.00. The molecule has 2 rings (SSSR count). The van der Waals surface area contributed by atoms with Gasteiger partial charge < -0.3 is 10.5 Å². The van der Waals surface area contributed by atoms with Crippen LogP contribution in [0.4, 0.5) is 0 Å². The van der Waals surface area contributed by atoms with Crippen molar-refractivity contribution in [1.82, 2.24) is 4.90 Å². The quantitative estimate of drug-likeness (QED) is 0.682. The van der Waals surface area contributed by atoms with Crippen molar-refractivity contribution in [2.24, 2.45) is 5.73 Å². The molecular weight excluding hydrogens is 164 g/mol. The number of fused-ring (bicyclic) bond motifs is 1. The van der Waals surface area contributed by atoms with Gasteiger partial charge in [0.15, 0.2) is 0 Å². The second-order valence-electron chi connectivity index (χ2n) is 4.16. The van der Waals surface area contributed by atoms with Crippen LogP contribution in [0.2, 0.25) is 0 Å². The van der Waals surface area contributed by atoms with Gasteiger partial charge in [0, 0.05) is 12.1 Å². The average molecular weight is 184 g/mol. The summed E-state index contributed by atoms with van der Waals surface area (Å²) in [6.07, 6.45) is 5.15. The van der Waals surface area contributed by atoms with E-state index in [2.05, 4.69) is 4.90 Å². The Morgan fingerprint density at radius 3 is 3.08 bits per heavy atom. The van der Waals surface area contributed by atoms with Crippen LogP contribution in [0, 0.1) is 0 Å². The number of hydrogen-bond acceptors (Lipinski definition) is 3. The molecule has 2 atom stereocenters. The standard InChI is InChI=1S/C10H20N2O/c11-5-4-10-8-13-7-9-3-1-2-6-12(9)10/h9-10H,1-8,11H2. The number of ether oxygens (including phenoxy) is 1. The summed E-state index contributed by atoms with van der Waals surface area (Å²) in [5.74, 6) is 0. The van der Waals surface area contributed by atoms with Gasteiger partial charge in [-0.25, -0.2) is 0 Å². The topological polar surface area (TPSA) is 38.5 Å². The van der Waals surface area contributed by atoms with Gasteiger partial charge in [0.2, 0.25) is 0 Å². The maximum Gasteiger partial charge on any atom is 0.0623 e. The van der Waals surface area contributed by atoms with Crippen LogP contribution in [-0.4, -0.2) is 43.3 Å². The molecule has 0 aliphatic carbocycles. The van der Waals surface area contributed by atoms with E-state index in [-0.39, 0.29) is 0 Å². The molecule has 13 heavy (non-hydrogen) atoms. The Kier molecular flexibility index (Phi) is 3.19. The molecule has 0 amide bonds. The number of morpholine rings is 1. The Morgan fingerprint density at radius 1 is 1.31 bits per heavy atom. The first-order valence-corrected chi connectivity index (χ1v) is 5.45. The van der Waals surface area contributed by atoms with E-state index in [1.54, 1.807) is 0 Å². The molecule has 2 saturated heterocycles. The number of nitrogens with zero attached hydrogens (tertiary/aromatic N) is 1. The lowest BCUT2D eigenvalue weighted by Gasteiger charge is -2.44. The van der Waals surface area contributed by atoms with E-state index in [1.165, 1.54) is 25.8 Å². The van der Waals surface area contributed by atoms with Crippen LogP contribution in [0.15, 0.2) is 0 Å². The summed E-state index contributed by atoms with van der Waals surface area (Å²) in [4.78, 5) is 2.62. The van der Waals surface area contributed by atoms with E-state index < -0.39 is 0 Å². The zero-order chi connectivity index (χ0) is 9.10. The first kappa shape index (κ1) is 9.44. The van der Waals surface area contributed by atoms with Crippen LogP contribution < -0.4 is 5.73 Å². The first-order chi connectivity index (χ1) is 6.42. The maximum atomic E-state index is 5.61. The Balaban J connectivity index is 1.94. The largest absolute Gasteiger partial charge is 0.378 e. The Morgan fingerprint density at radius 2 is 2.23 bits per heavy atom. The predicted molar refractivity (Wildman–Crippen MR) is 52.6 cm³/mol. The van der Waals surface area contributed by atoms with E-state index in [0.29, 0.717) is 12.1 Å². The van der Waals surface area contributed by atoms with Crippen molar-refractivity contribution in [2.45, 2.75) is 37.8 Å². The minimum absolute atomic E-state index is 0.601. The molecule has 2 aliphatic rings. The highest BCUT2D eigenvalue weighted by molar-refractivity contribution is 4.86. The van der Waals surface area contributed by atoms with E-state index in [4.69, 9.17) is 10.5 Å². The fourth-order valence-corrected chi connectivity index (χ4v) is 2.56. The van der Waals surface area contributed by atoms with Crippen molar-refractivity contribution in [1.29, 1.82) is 0 Å². The minimum Gasteiger partial charge on any atom is -0.378 e. The molecule has 76 valence electrons. The van der Waals surface area contributed by atoms with E-state index in [1.807, 2.05) is 0 Å². The Bertz CT molecular complexity index is 159. The fourth-order valence-electron chi connectivity index (χ4n) is 2.56. The van der Waals surface area contributed by atoms with Crippen molar-refractivity contribution in [3.63, 3.8) is 0 Å². The minimum atomic E-state index is 0.601. The predicted octanol–water partition coefficient (Wildman–Crippen LogP) is 0.588. The van der Waals surface area contributed by atoms with Gasteiger partial charge in [-0.05, 0) is 32.4 Å². The third-order valence-corrected chi connectivity index (χ3v) is 3.26. The van der Waals surface area contributed by atoms with Crippen molar-refractivity contribution in [2.75, 3.05) is 26.3 Å². The molecule has 0 aromatic rings. The molecule has 2 N–H and O–H groups in total. The molecule has 0 saturated carbocycles. The van der Waals surface area contributed by atoms with E-state index in [9.17, 15) is 0 Å². The third-order valence-electron chi connectivity index (χ3n) is 3.26. The molecular formula is C10H20N2O. The lowest BCUT2D eigenvalue weighted by atomic mass is 9.98. The highest BCUT2D eigenvalue weighted by Crippen LogP contribution is 2.24. The van der Waals surface area contributed by atoms with Gasteiger partial charge in [-0.3, -0.25) is 4.90 Å². The zero-order valence-corrected chi connectivity index (χ0v) is 8.24.